The molecule has 0 saturated carbocycles. The van der Waals surface area contributed by atoms with Gasteiger partial charge in [0.2, 0.25) is 5.91 Å². The van der Waals surface area contributed by atoms with Crippen LogP contribution in [-0.2, 0) is 23.7 Å². The van der Waals surface area contributed by atoms with Crippen molar-refractivity contribution < 1.29 is 64.6 Å². The molecule has 2 aliphatic heterocycles. The molecule has 0 spiro atoms. The molecule has 2 aliphatic rings. The average molecular weight is 1140 g/mol. The van der Waals surface area contributed by atoms with Gasteiger partial charge in [-0.25, -0.2) is 0 Å². The van der Waals surface area contributed by atoms with Gasteiger partial charge >= 0.3 is 0 Å². The van der Waals surface area contributed by atoms with Crippen LogP contribution in [0.25, 0.3) is 0 Å². The van der Waals surface area contributed by atoms with Gasteiger partial charge in [0.25, 0.3) is 0 Å². The summed E-state index contributed by atoms with van der Waals surface area (Å²) in [5.41, 5.74) is 0. The predicted molar refractivity (Wildman–Crippen MR) is 323 cm³/mol. The molecule has 0 aromatic rings. The summed E-state index contributed by atoms with van der Waals surface area (Å²) in [7, 11) is 0. The van der Waals surface area contributed by atoms with Crippen LogP contribution in [0.4, 0.5) is 0 Å². The molecular weight excluding hydrogens is 1010 g/mol. The molecule has 0 aromatic carbocycles. The van der Waals surface area contributed by atoms with Crippen molar-refractivity contribution in [2.24, 2.45) is 0 Å². The Bertz CT molecular complexity index is 1480. The van der Waals surface area contributed by atoms with Crippen LogP contribution in [-0.4, -0.2) is 140 Å². The molecule has 12 unspecified atom stereocenters. The van der Waals surface area contributed by atoms with Gasteiger partial charge in [-0.3, -0.25) is 4.79 Å². The normalized spacial score (nSPS) is 24.4. The molecule has 14 heteroatoms. The lowest BCUT2D eigenvalue weighted by molar-refractivity contribution is -0.359. The van der Waals surface area contributed by atoms with E-state index in [1.807, 2.05) is 0 Å². The fourth-order valence-electron chi connectivity index (χ4n) is 11.0. The van der Waals surface area contributed by atoms with Gasteiger partial charge in [-0.2, -0.15) is 0 Å². The molecule has 1 amide bonds. The highest BCUT2D eigenvalue weighted by atomic mass is 16.7. The highest BCUT2D eigenvalue weighted by Gasteiger charge is 2.51. The first-order valence-corrected chi connectivity index (χ1v) is 33.2. The third-order valence-corrected chi connectivity index (χ3v) is 16.4. The maximum absolute atomic E-state index is 13.3. The maximum Gasteiger partial charge on any atom is 0.220 e. The summed E-state index contributed by atoms with van der Waals surface area (Å²) in [6.45, 7) is 2.87. The Kier molecular flexibility index (Phi) is 47.9. The van der Waals surface area contributed by atoms with Crippen LogP contribution in [0.15, 0.2) is 36.5 Å². The molecular formula is C66H123NO13. The third-order valence-electron chi connectivity index (χ3n) is 16.4. The highest BCUT2D eigenvalue weighted by Crippen LogP contribution is 2.30. The smallest absolute Gasteiger partial charge is 0.220 e. The van der Waals surface area contributed by atoms with Crippen molar-refractivity contribution in [3.05, 3.63) is 36.5 Å². The summed E-state index contributed by atoms with van der Waals surface area (Å²) >= 11 is 0. The molecule has 9 N–H and O–H groups in total. The van der Waals surface area contributed by atoms with E-state index in [9.17, 15) is 45.6 Å². The number of ether oxygens (including phenoxy) is 4. The number of carbonyl (C=O) groups is 1. The van der Waals surface area contributed by atoms with Gasteiger partial charge in [0.05, 0.1) is 32.0 Å². The maximum atomic E-state index is 13.3. The van der Waals surface area contributed by atoms with E-state index in [0.717, 1.165) is 64.2 Å². The topological polar surface area (TPSA) is 228 Å². The molecule has 2 fully saturated rings. The van der Waals surface area contributed by atoms with Gasteiger partial charge in [-0.05, 0) is 51.4 Å². The largest absolute Gasteiger partial charge is 0.394 e. The molecule has 2 saturated heterocycles. The summed E-state index contributed by atoms with van der Waals surface area (Å²) in [4.78, 5) is 13.3. The number of hydrogen-bond donors (Lipinski definition) is 9. The fourth-order valence-corrected chi connectivity index (χ4v) is 11.0. The van der Waals surface area contributed by atoms with E-state index in [4.69, 9.17) is 18.9 Å². The second kappa shape index (κ2) is 51.6. The molecule has 80 heavy (non-hydrogen) atoms. The second-order valence-electron chi connectivity index (χ2n) is 23.6. The van der Waals surface area contributed by atoms with E-state index < -0.39 is 86.8 Å². The Balaban J connectivity index is 1.61. The minimum Gasteiger partial charge on any atom is -0.394 e. The number of rotatable bonds is 54. The average Bonchev–Trinajstić information content (AvgIpc) is 3.49. The molecule has 0 bridgehead atoms. The number of amides is 1. The van der Waals surface area contributed by atoms with Crippen LogP contribution in [0.2, 0.25) is 0 Å². The summed E-state index contributed by atoms with van der Waals surface area (Å²) in [6.07, 6.45) is 47.4. The molecule has 14 nitrogen and oxygen atoms in total. The minimum absolute atomic E-state index is 0.204. The molecule has 0 radical (unpaired) electrons. The van der Waals surface area contributed by atoms with Gasteiger partial charge in [0.1, 0.15) is 48.8 Å². The summed E-state index contributed by atoms with van der Waals surface area (Å²) in [6, 6.07) is -0.827. The van der Waals surface area contributed by atoms with E-state index in [0.29, 0.717) is 12.8 Å². The first-order valence-electron chi connectivity index (χ1n) is 33.2. The van der Waals surface area contributed by atoms with Gasteiger partial charge in [0, 0.05) is 6.42 Å². The number of hydrogen-bond acceptors (Lipinski definition) is 13. The van der Waals surface area contributed by atoms with E-state index in [-0.39, 0.29) is 12.5 Å². The molecule has 470 valence electrons. The van der Waals surface area contributed by atoms with Crippen LogP contribution in [0.3, 0.4) is 0 Å². The second-order valence-corrected chi connectivity index (χ2v) is 23.6. The van der Waals surface area contributed by atoms with Crippen molar-refractivity contribution in [3.63, 3.8) is 0 Å². The lowest BCUT2D eigenvalue weighted by atomic mass is 9.97. The van der Waals surface area contributed by atoms with Crippen molar-refractivity contribution in [2.45, 2.75) is 357 Å². The van der Waals surface area contributed by atoms with Crippen molar-refractivity contribution in [1.82, 2.24) is 5.32 Å². The Labute approximate surface area is 487 Å². The van der Waals surface area contributed by atoms with E-state index in [1.165, 1.54) is 193 Å². The van der Waals surface area contributed by atoms with E-state index in [2.05, 4.69) is 55.6 Å². The standard InChI is InChI=1S/C66H123NO13/c1-3-5-7-9-11-13-15-17-18-19-20-21-22-23-24-25-26-27-28-29-30-31-32-33-34-35-36-38-40-42-44-46-48-50-58(71)67-54(55(70)49-47-45-43-41-39-37-16-14-12-10-8-6-4-2)53-77-65-63(76)61(74)64(57(52-69)79-65)80-66-62(75)60(73)59(72)56(51-68)78-66/h15,17,19-20,22-23,54-57,59-66,68-70,72-76H,3-14,16,18,21,24-53H2,1-2H3,(H,67,71)/b17-15-,20-19-,23-22-. The predicted octanol–water partition coefficient (Wildman–Crippen LogP) is 12.6. The Morgan fingerprint density at radius 3 is 1.26 bits per heavy atom. The molecule has 2 heterocycles. The fraction of sp³-hybridized carbons (Fsp3) is 0.894. The van der Waals surface area contributed by atoms with Crippen LogP contribution in [0, 0.1) is 0 Å². The number of aliphatic hydroxyl groups excluding tert-OH is 8. The number of aliphatic hydroxyl groups is 8. The van der Waals surface area contributed by atoms with Crippen molar-refractivity contribution >= 4 is 5.91 Å². The first-order chi connectivity index (χ1) is 39.1. The van der Waals surface area contributed by atoms with Gasteiger partial charge in [-0.15, -0.1) is 0 Å². The Morgan fingerprint density at radius 1 is 0.450 bits per heavy atom. The van der Waals surface area contributed by atoms with Gasteiger partial charge < -0.3 is 65.1 Å². The lowest BCUT2D eigenvalue weighted by Crippen LogP contribution is -2.65. The van der Waals surface area contributed by atoms with E-state index in [1.54, 1.807) is 0 Å². The van der Waals surface area contributed by atoms with Crippen LogP contribution < -0.4 is 5.32 Å². The zero-order valence-corrected chi connectivity index (χ0v) is 50.8. The van der Waals surface area contributed by atoms with Crippen LogP contribution in [0.1, 0.15) is 284 Å². The van der Waals surface area contributed by atoms with Crippen LogP contribution >= 0.6 is 0 Å². The highest BCUT2D eigenvalue weighted by molar-refractivity contribution is 5.76. The minimum atomic E-state index is -1.78. The first kappa shape index (κ1) is 74.3. The molecule has 2 rings (SSSR count). The molecule has 0 aromatic heterocycles. The number of unbranched alkanes of at least 4 members (excludes halogenated alkanes) is 35. The Hall–Kier alpha value is -1.79. The van der Waals surface area contributed by atoms with Gasteiger partial charge in [0.15, 0.2) is 12.6 Å². The third kappa shape index (κ3) is 36.1. The lowest BCUT2D eigenvalue weighted by Gasteiger charge is -2.46. The zero-order valence-electron chi connectivity index (χ0n) is 50.8. The monoisotopic (exact) mass is 1140 g/mol. The van der Waals surface area contributed by atoms with E-state index >= 15 is 0 Å². The van der Waals surface area contributed by atoms with Crippen molar-refractivity contribution in [3.8, 4) is 0 Å². The number of nitrogens with one attached hydrogen (secondary N) is 1. The van der Waals surface area contributed by atoms with Crippen molar-refractivity contribution in [2.75, 3.05) is 19.8 Å². The quantitative estimate of drug-likeness (QED) is 0.0204. The van der Waals surface area contributed by atoms with Crippen LogP contribution in [0.5, 0.6) is 0 Å². The van der Waals surface area contributed by atoms with Gasteiger partial charge in [-0.1, -0.05) is 262 Å². The molecule has 0 aliphatic carbocycles. The summed E-state index contributed by atoms with van der Waals surface area (Å²) < 4.78 is 22.9. The van der Waals surface area contributed by atoms with Crippen molar-refractivity contribution in [1.29, 1.82) is 0 Å². The molecule has 12 atom stereocenters. The SMILES string of the molecule is CCCCCCC/C=C\C/C=C\C/C=C\CCCCCCCCCCCCCCCCCCCCC(=O)NC(COC1OC(CO)C(OC2OC(CO)C(O)C(O)C2O)C(O)C1O)C(O)CCCCCCCCCCCCCCC. The Morgan fingerprint density at radius 2 is 0.825 bits per heavy atom. The summed E-state index contributed by atoms with van der Waals surface area (Å²) in [5, 5.41) is 87.3. The number of allylic oxidation sites excluding steroid dienone is 6. The number of carbonyl (C=O) groups excluding carboxylic acids is 1. The zero-order chi connectivity index (χ0) is 58.1. The summed E-state index contributed by atoms with van der Waals surface area (Å²) in [5.74, 6) is -0.204.